The topological polar surface area (TPSA) is 55.3 Å². The largest absolute Gasteiger partial charge is 0.423 e. The van der Waals surface area contributed by atoms with Gasteiger partial charge < -0.3 is 15.1 Å². The quantitative estimate of drug-likeness (QED) is 0.861. The van der Waals surface area contributed by atoms with Crippen LogP contribution in [0.4, 0.5) is 10.4 Å². The molecule has 0 aliphatic carbocycles. The van der Waals surface area contributed by atoms with Crippen molar-refractivity contribution in [3.05, 3.63) is 24.0 Å². The highest BCUT2D eigenvalue weighted by Gasteiger charge is 2.14. The molecule has 2 N–H and O–H groups in total. The van der Waals surface area contributed by atoms with Crippen LogP contribution in [0.15, 0.2) is 22.6 Å². The first-order valence-electron chi connectivity index (χ1n) is 5.11. The van der Waals surface area contributed by atoms with E-state index in [4.69, 9.17) is 10.2 Å². The second-order valence-electron chi connectivity index (χ2n) is 3.80. The lowest BCUT2D eigenvalue weighted by Gasteiger charge is -2.20. The Morgan fingerprint density at radius 2 is 2.31 bits per heavy atom. The highest BCUT2D eigenvalue weighted by molar-refractivity contribution is 5.74. The number of likely N-dealkylation sites (N-methyl/N-ethyl adjacent to an activating group) is 1. The zero-order valence-corrected chi connectivity index (χ0v) is 9.27. The molecule has 0 fully saturated rings. The maximum absolute atomic E-state index is 13.0. The summed E-state index contributed by atoms with van der Waals surface area (Å²) in [5.74, 6) is -0.318. The second kappa shape index (κ2) is 4.09. The Morgan fingerprint density at radius 3 is 3.00 bits per heavy atom. The van der Waals surface area contributed by atoms with Crippen LogP contribution in [-0.2, 0) is 0 Å². The van der Waals surface area contributed by atoms with Crippen LogP contribution in [0.25, 0.3) is 11.1 Å². The second-order valence-corrected chi connectivity index (χ2v) is 3.80. The standard InChI is InChI=1S/C11H14FN3O/c1-7(6-13)15(2)11-14-9-5-8(12)3-4-10(9)16-11/h3-5,7H,6,13H2,1-2H3. The van der Waals surface area contributed by atoms with E-state index < -0.39 is 0 Å². The molecule has 0 aliphatic heterocycles. The van der Waals surface area contributed by atoms with Gasteiger partial charge >= 0.3 is 0 Å². The van der Waals surface area contributed by atoms with E-state index in [0.717, 1.165) is 0 Å². The van der Waals surface area contributed by atoms with Gasteiger partial charge in [-0.25, -0.2) is 4.39 Å². The molecule has 1 atom stereocenters. The van der Waals surface area contributed by atoms with Crippen molar-refractivity contribution in [2.24, 2.45) is 5.73 Å². The van der Waals surface area contributed by atoms with Gasteiger partial charge in [0.25, 0.3) is 6.01 Å². The lowest BCUT2D eigenvalue weighted by Crippen LogP contribution is -2.35. The Hall–Kier alpha value is -1.62. The molecular formula is C11H14FN3O. The van der Waals surface area contributed by atoms with Gasteiger partial charge in [-0.3, -0.25) is 0 Å². The summed E-state index contributed by atoms with van der Waals surface area (Å²) >= 11 is 0. The Kier molecular flexibility index (Phi) is 2.78. The number of fused-ring (bicyclic) bond motifs is 1. The van der Waals surface area contributed by atoms with E-state index in [9.17, 15) is 4.39 Å². The number of hydrogen-bond donors (Lipinski definition) is 1. The predicted molar refractivity (Wildman–Crippen MR) is 60.9 cm³/mol. The molecule has 1 aromatic heterocycles. The van der Waals surface area contributed by atoms with Gasteiger partial charge in [-0.15, -0.1) is 0 Å². The van der Waals surface area contributed by atoms with E-state index in [1.54, 1.807) is 6.07 Å². The van der Waals surface area contributed by atoms with Crippen LogP contribution < -0.4 is 10.6 Å². The van der Waals surface area contributed by atoms with Crippen molar-refractivity contribution in [1.82, 2.24) is 4.98 Å². The molecule has 1 unspecified atom stereocenters. The maximum atomic E-state index is 13.0. The monoisotopic (exact) mass is 223 g/mol. The predicted octanol–water partition coefficient (Wildman–Crippen LogP) is 1.75. The lowest BCUT2D eigenvalue weighted by molar-refractivity contribution is 0.551. The summed E-state index contributed by atoms with van der Waals surface area (Å²) in [6.07, 6.45) is 0. The van der Waals surface area contributed by atoms with E-state index in [-0.39, 0.29) is 11.9 Å². The first-order valence-corrected chi connectivity index (χ1v) is 5.11. The zero-order chi connectivity index (χ0) is 11.7. The summed E-state index contributed by atoms with van der Waals surface area (Å²) in [6, 6.07) is 4.85. The van der Waals surface area contributed by atoms with Gasteiger partial charge in [0.15, 0.2) is 5.58 Å². The molecule has 0 spiro atoms. The van der Waals surface area contributed by atoms with Gasteiger partial charge in [-0.05, 0) is 19.1 Å². The summed E-state index contributed by atoms with van der Waals surface area (Å²) in [7, 11) is 1.85. The van der Waals surface area contributed by atoms with Crippen LogP contribution in [0.3, 0.4) is 0 Å². The summed E-state index contributed by atoms with van der Waals surface area (Å²) in [4.78, 5) is 6.04. The van der Waals surface area contributed by atoms with E-state index in [1.807, 2.05) is 18.9 Å². The van der Waals surface area contributed by atoms with Crippen LogP contribution >= 0.6 is 0 Å². The van der Waals surface area contributed by atoms with Gasteiger partial charge in [0.1, 0.15) is 11.3 Å². The van der Waals surface area contributed by atoms with Crippen molar-refractivity contribution in [2.75, 3.05) is 18.5 Å². The fraction of sp³-hybridized carbons (Fsp3) is 0.364. The zero-order valence-electron chi connectivity index (χ0n) is 9.27. The molecule has 16 heavy (non-hydrogen) atoms. The van der Waals surface area contributed by atoms with Crippen molar-refractivity contribution in [2.45, 2.75) is 13.0 Å². The minimum atomic E-state index is -0.318. The number of rotatable bonds is 3. The Labute approximate surface area is 92.9 Å². The van der Waals surface area contributed by atoms with Crippen LogP contribution in [0.1, 0.15) is 6.92 Å². The minimum Gasteiger partial charge on any atom is -0.423 e. The molecule has 2 aromatic rings. The third kappa shape index (κ3) is 1.86. The van der Waals surface area contributed by atoms with E-state index in [2.05, 4.69) is 4.98 Å². The normalized spacial score (nSPS) is 13.0. The number of nitrogens with zero attached hydrogens (tertiary/aromatic N) is 2. The fourth-order valence-corrected chi connectivity index (χ4v) is 1.39. The summed E-state index contributed by atoms with van der Waals surface area (Å²) in [6.45, 7) is 2.47. The van der Waals surface area contributed by atoms with Crippen LogP contribution in [-0.4, -0.2) is 24.6 Å². The molecule has 0 amide bonds. The number of anilines is 1. The van der Waals surface area contributed by atoms with E-state index in [0.29, 0.717) is 23.7 Å². The number of aromatic nitrogens is 1. The molecule has 2 rings (SSSR count). The highest BCUT2D eigenvalue weighted by Crippen LogP contribution is 2.22. The molecule has 0 saturated heterocycles. The Morgan fingerprint density at radius 1 is 1.56 bits per heavy atom. The van der Waals surface area contributed by atoms with Crippen molar-refractivity contribution in [1.29, 1.82) is 0 Å². The third-order valence-electron chi connectivity index (χ3n) is 2.64. The molecule has 1 heterocycles. The van der Waals surface area contributed by atoms with Crippen LogP contribution in [0.2, 0.25) is 0 Å². The molecule has 1 aromatic carbocycles. The average Bonchev–Trinajstić information content (AvgIpc) is 2.69. The number of nitrogens with two attached hydrogens (primary N) is 1. The molecular weight excluding hydrogens is 209 g/mol. The first-order chi connectivity index (χ1) is 7.61. The van der Waals surface area contributed by atoms with Crippen molar-refractivity contribution in [3.8, 4) is 0 Å². The van der Waals surface area contributed by atoms with E-state index in [1.165, 1.54) is 12.1 Å². The highest BCUT2D eigenvalue weighted by atomic mass is 19.1. The lowest BCUT2D eigenvalue weighted by atomic mass is 10.3. The molecule has 4 nitrogen and oxygen atoms in total. The van der Waals surface area contributed by atoms with Gasteiger partial charge in [0, 0.05) is 25.7 Å². The summed E-state index contributed by atoms with van der Waals surface area (Å²) < 4.78 is 18.5. The Balaban J connectivity index is 2.39. The number of oxazole rings is 1. The fourth-order valence-electron chi connectivity index (χ4n) is 1.39. The van der Waals surface area contributed by atoms with Gasteiger partial charge in [0.05, 0.1) is 0 Å². The molecule has 0 bridgehead atoms. The smallest absolute Gasteiger partial charge is 0.298 e. The molecule has 0 radical (unpaired) electrons. The minimum absolute atomic E-state index is 0.123. The van der Waals surface area contributed by atoms with Crippen molar-refractivity contribution >= 4 is 17.1 Å². The van der Waals surface area contributed by atoms with Gasteiger partial charge in [-0.1, -0.05) is 0 Å². The first kappa shape index (κ1) is 10.9. The van der Waals surface area contributed by atoms with Crippen molar-refractivity contribution < 1.29 is 8.81 Å². The number of hydrogen-bond acceptors (Lipinski definition) is 4. The molecule has 86 valence electrons. The van der Waals surface area contributed by atoms with Gasteiger partial charge in [0.2, 0.25) is 0 Å². The van der Waals surface area contributed by atoms with Crippen LogP contribution in [0, 0.1) is 5.82 Å². The van der Waals surface area contributed by atoms with Gasteiger partial charge in [-0.2, -0.15) is 4.98 Å². The van der Waals surface area contributed by atoms with E-state index >= 15 is 0 Å². The summed E-state index contributed by atoms with van der Waals surface area (Å²) in [5, 5.41) is 0. The van der Waals surface area contributed by atoms with Crippen molar-refractivity contribution in [3.63, 3.8) is 0 Å². The number of benzene rings is 1. The molecule has 0 aliphatic rings. The van der Waals surface area contributed by atoms with Crippen LogP contribution in [0.5, 0.6) is 0 Å². The molecule has 0 saturated carbocycles. The molecule has 5 heteroatoms. The maximum Gasteiger partial charge on any atom is 0.298 e. The third-order valence-corrected chi connectivity index (χ3v) is 2.64. The number of halogens is 1. The SMILES string of the molecule is CC(CN)N(C)c1nc2cc(F)ccc2o1. The summed E-state index contributed by atoms with van der Waals surface area (Å²) in [5.41, 5.74) is 6.65. The average molecular weight is 223 g/mol. The Bertz CT molecular complexity index is 497.